The van der Waals surface area contributed by atoms with Crippen molar-refractivity contribution >= 4 is 0 Å². The minimum Gasteiger partial charge on any atom is -0.490 e. The average molecular weight is 537 g/mol. The monoisotopic (exact) mass is 536 g/mol. The molecule has 2 aromatic rings. The molecule has 0 amide bonds. The van der Waals surface area contributed by atoms with Gasteiger partial charge in [-0.15, -0.1) is 0 Å². The molecule has 6 heteroatoms. The fourth-order valence-electron chi connectivity index (χ4n) is 5.13. The van der Waals surface area contributed by atoms with E-state index in [4.69, 9.17) is 9.47 Å². The molecule has 0 heterocycles. The van der Waals surface area contributed by atoms with Crippen LogP contribution >= 0.6 is 0 Å². The van der Waals surface area contributed by atoms with E-state index in [9.17, 15) is 4.39 Å². The Labute approximate surface area is 226 Å². The number of halogens is 4. The van der Waals surface area contributed by atoms with Crippen LogP contribution in [0.3, 0.4) is 0 Å². The predicted octanol–water partition coefficient (Wildman–Crippen LogP) is 9.52. The Kier molecular flexibility index (Phi) is 11.9. The molecule has 0 fully saturated rings. The molecule has 0 radical (unpaired) electrons. The van der Waals surface area contributed by atoms with Crippen LogP contribution < -0.4 is 4.74 Å². The van der Waals surface area contributed by atoms with Crippen molar-refractivity contribution in [2.75, 3.05) is 19.8 Å². The lowest BCUT2D eigenvalue weighted by atomic mass is 9.76. The fraction of sp³-hybridized carbons (Fsp3) is 0.625. The van der Waals surface area contributed by atoms with Crippen molar-refractivity contribution in [1.82, 2.24) is 0 Å². The Morgan fingerprint density at radius 1 is 0.921 bits per heavy atom. The Bertz CT molecular complexity index is 990. The second-order valence-electron chi connectivity index (χ2n) is 10.8. The molecule has 38 heavy (non-hydrogen) atoms. The highest BCUT2D eigenvalue weighted by Gasteiger charge is 2.49. The average Bonchev–Trinajstić information content (AvgIpc) is 2.90. The van der Waals surface area contributed by atoms with Crippen LogP contribution in [0.2, 0.25) is 0 Å². The molecule has 2 atom stereocenters. The molecule has 0 N–H and O–H groups in total. The van der Waals surface area contributed by atoms with Gasteiger partial charge in [-0.25, -0.2) is 13.2 Å². The third-order valence-electron chi connectivity index (χ3n) is 7.80. The second-order valence-corrected chi connectivity index (χ2v) is 10.8. The highest BCUT2D eigenvalue weighted by Crippen LogP contribution is 2.51. The summed E-state index contributed by atoms with van der Waals surface area (Å²) in [6.45, 7) is 8.01. The van der Waals surface area contributed by atoms with Crippen LogP contribution in [0.15, 0.2) is 30.3 Å². The first-order valence-electron chi connectivity index (χ1n) is 14.5. The second kappa shape index (κ2) is 14.9. The van der Waals surface area contributed by atoms with Gasteiger partial charge in [0.05, 0.1) is 18.1 Å². The van der Waals surface area contributed by atoms with Gasteiger partial charge in [-0.3, -0.25) is 0 Å². The molecular formula is C32H44F4O2. The number of benzene rings is 2. The highest BCUT2D eigenvalue weighted by atomic mass is 19.3. The molecule has 2 unspecified atom stereocenters. The van der Waals surface area contributed by atoms with Gasteiger partial charge in [0.25, 0.3) is 5.92 Å². The van der Waals surface area contributed by atoms with Gasteiger partial charge in [-0.2, -0.15) is 4.39 Å². The van der Waals surface area contributed by atoms with Crippen molar-refractivity contribution in [2.24, 2.45) is 5.92 Å². The number of aryl methyl sites for hydroxylation is 2. The minimum absolute atomic E-state index is 0.126. The zero-order valence-electron chi connectivity index (χ0n) is 23.3. The summed E-state index contributed by atoms with van der Waals surface area (Å²) in [7, 11) is 0. The third kappa shape index (κ3) is 7.97. The molecule has 1 aliphatic rings. The van der Waals surface area contributed by atoms with Crippen LogP contribution in [-0.4, -0.2) is 19.8 Å². The van der Waals surface area contributed by atoms with E-state index in [1.165, 1.54) is 18.9 Å². The molecule has 0 saturated carbocycles. The first-order chi connectivity index (χ1) is 18.3. The number of ether oxygens (including phenoxy) is 2. The molecule has 3 rings (SSSR count). The first-order valence-corrected chi connectivity index (χ1v) is 14.5. The lowest BCUT2D eigenvalue weighted by Crippen LogP contribution is -2.32. The van der Waals surface area contributed by atoms with Gasteiger partial charge < -0.3 is 9.47 Å². The molecule has 212 valence electrons. The van der Waals surface area contributed by atoms with Gasteiger partial charge in [-0.1, -0.05) is 70.7 Å². The molecule has 2 aromatic carbocycles. The lowest BCUT2D eigenvalue weighted by molar-refractivity contribution is -0.0474. The summed E-state index contributed by atoms with van der Waals surface area (Å²) in [6, 6.07) is 8.51. The van der Waals surface area contributed by atoms with Crippen molar-refractivity contribution in [2.45, 2.75) is 103 Å². The smallest absolute Gasteiger partial charge is 0.283 e. The Morgan fingerprint density at radius 2 is 1.63 bits per heavy atom. The van der Waals surface area contributed by atoms with Gasteiger partial charge in [-0.05, 0) is 73.6 Å². The van der Waals surface area contributed by atoms with E-state index in [1.807, 2.05) is 12.1 Å². The summed E-state index contributed by atoms with van der Waals surface area (Å²) in [5.74, 6) is -7.10. The lowest BCUT2D eigenvalue weighted by Gasteiger charge is -2.34. The van der Waals surface area contributed by atoms with E-state index in [2.05, 4.69) is 20.8 Å². The maximum atomic E-state index is 15.6. The Morgan fingerprint density at radius 3 is 2.34 bits per heavy atom. The third-order valence-corrected chi connectivity index (χ3v) is 7.80. The van der Waals surface area contributed by atoms with Crippen LogP contribution in [0.1, 0.15) is 107 Å². The van der Waals surface area contributed by atoms with Gasteiger partial charge in [0.2, 0.25) is 5.82 Å². The molecule has 0 saturated heterocycles. The molecule has 0 aromatic heterocycles. The van der Waals surface area contributed by atoms with Crippen LogP contribution in [0.25, 0.3) is 0 Å². The first kappa shape index (κ1) is 30.5. The Hall–Kier alpha value is -2.08. The van der Waals surface area contributed by atoms with Crippen molar-refractivity contribution in [3.8, 4) is 5.75 Å². The summed E-state index contributed by atoms with van der Waals surface area (Å²) in [4.78, 5) is 0. The van der Waals surface area contributed by atoms with Crippen molar-refractivity contribution in [3.63, 3.8) is 0 Å². The maximum absolute atomic E-state index is 15.6. The molecular weight excluding hydrogens is 492 g/mol. The van der Waals surface area contributed by atoms with Crippen LogP contribution in [0.4, 0.5) is 17.6 Å². The zero-order chi connectivity index (χ0) is 27.5. The summed E-state index contributed by atoms with van der Waals surface area (Å²) in [5.41, 5.74) is 0.882. The van der Waals surface area contributed by atoms with E-state index in [0.29, 0.717) is 25.2 Å². The number of hydrogen-bond donors (Lipinski definition) is 0. The standard InChI is InChI=1S/C32H44F4O2/c1-4-6-19-37-20-9-10-21-38-28-22-26-17-18-27(32(35,36)29(26)31(34)30(28)33)25-15-13-24(14-16-25)12-8-7-11-23(3)5-2/h13-16,22-23,27H,4-12,17-21H2,1-3H3. The maximum Gasteiger partial charge on any atom is 0.283 e. The quantitative estimate of drug-likeness (QED) is 0.157. The molecule has 0 spiro atoms. The topological polar surface area (TPSA) is 18.5 Å². The van der Waals surface area contributed by atoms with E-state index in [1.54, 1.807) is 12.1 Å². The Balaban J connectivity index is 1.61. The number of rotatable bonds is 16. The van der Waals surface area contributed by atoms with Gasteiger partial charge in [0.15, 0.2) is 11.6 Å². The van der Waals surface area contributed by atoms with E-state index in [0.717, 1.165) is 50.0 Å². The molecule has 1 aliphatic carbocycles. The number of fused-ring (bicyclic) bond motifs is 1. The van der Waals surface area contributed by atoms with Crippen LogP contribution in [0, 0.1) is 17.6 Å². The normalized spacial score (nSPS) is 17.3. The summed E-state index contributed by atoms with van der Waals surface area (Å²) in [5, 5.41) is 0. The van der Waals surface area contributed by atoms with Gasteiger partial charge in [0, 0.05) is 13.2 Å². The SMILES string of the molecule is CCCCOCCCCOc1cc2c(c(F)c1F)C(F)(F)C(c1ccc(CCCCC(C)CC)cc1)CC2. The van der Waals surface area contributed by atoms with E-state index >= 15 is 13.2 Å². The van der Waals surface area contributed by atoms with E-state index < -0.39 is 29.0 Å². The van der Waals surface area contributed by atoms with Crippen LogP contribution in [-0.2, 0) is 23.5 Å². The number of hydrogen-bond acceptors (Lipinski definition) is 2. The predicted molar refractivity (Wildman–Crippen MR) is 145 cm³/mol. The molecule has 2 nitrogen and oxygen atoms in total. The van der Waals surface area contributed by atoms with Crippen molar-refractivity contribution < 1.29 is 27.0 Å². The van der Waals surface area contributed by atoms with Gasteiger partial charge in [0.1, 0.15) is 0 Å². The highest BCUT2D eigenvalue weighted by molar-refractivity contribution is 5.45. The largest absolute Gasteiger partial charge is 0.490 e. The summed E-state index contributed by atoms with van der Waals surface area (Å²) in [6.07, 6.45) is 9.33. The fourth-order valence-corrected chi connectivity index (χ4v) is 5.13. The minimum atomic E-state index is -3.51. The molecule has 0 bridgehead atoms. The van der Waals surface area contributed by atoms with Crippen molar-refractivity contribution in [3.05, 3.63) is 64.2 Å². The molecule has 0 aliphatic heterocycles. The van der Waals surface area contributed by atoms with Gasteiger partial charge >= 0.3 is 0 Å². The zero-order valence-corrected chi connectivity index (χ0v) is 23.3. The number of unbranched alkanes of at least 4 members (excludes halogenated alkanes) is 3. The van der Waals surface area contributed by atoms with Crippen LogP contribution in [0.5, 0.6) is 5.75 Å². The summed E-state index contributed by atoms with van der Waals surface area (Å²) < 4.78 is 72.0. The van der Waals surface area contributed by atoms with E-state index in [-0.39, 0.29) is 30.8 Å². The summed E-state index contributed by atoms with van der Waals surface area (Å²) >= 11 is 0. The number of alkyl halides is 2. The van der Waals surface area contributed by atoms with Crippen molar-refractivity contribution in [1.29, 1.82) is 0 Å².